The summed E-state index contributed by atoms with van der Waals surface area (Å²) in [7, 11) is 0. The Morgan fingerprint density at radius 2 is 1.30 bits per heavy atom. The summed E-state index contributed by atoms with van der Waals surface area (Å²) in [6.07, 6.45) is 0. The highest BCUT2D eigenvalue weighted by atomic mass is 16.3. The summed E-state index contributed by atoms with van der Waals surface area (Å²) in [6.45, 7) is 2.17. The molecule has 0 N–H and O–H groups in total. The van der Waals surface area contributed by atoms with Gasteiger partial charge in [0.15, 0.2) is 0 Å². The van der Waals surface area contributed by atoms with E-state index in [9.17, 15) is 0 Å². The van der Waals surface area contributed by atoms with Crippen molar-refractivity contribution in [1.29, 1.82) is 0 Å². The van der Waals surface area contributed by atoms with E-state index in [0.717, 1.165) is 27.5 Å². The third-order valence-electron chi connectivity index (χ3n) is 6.74. The molecule has 0 aliphatic carbocycles. The lowest BCUT2D eigenvalue weighted by molar-refractivity contribution is 0.670. The van der Waals surface area contributed by atoms with Gasteiger partial charge in [-0.1, -0.05) is 78.9 Å². The van der Waals surface area contributed by atoms with Crippen molar-refractivity contribution in [2.24, 2.45) is 0 Å². The van der Waals surface area contributed by atoms with Crippen molar-refractivity contribution >= 4 is 43.7 Å². The van der Waals surface area contributed by atoms with Crippen molar-refractivity contribution in [3.63, 3.8) is 0 Å². The van der Waals surface area contributed by atoms with Crippen molar-refractivity contribution in [2.75, 3.05) is 0 Å². The van der Waals surface area contributed by atoms with Crippen LogP contribution in [-0.2, 0) is 0 Å². The smallest absolute Gasteiger partial charge is 0.143 e. The number of hydrogen-bond acceptors (Lipinski definition) is 1. The molecule has 0 aliphatic rings. The van der Waals surface area contributed by atoms with E-state index >= 15 is 0 Å². The van der Waals surface area contributed by atoms with E-state index in [2.05, 4.69) is 109 Å². The first-order chi connectivity index (χ1) is 16.3. The second kappa shape index (κ2) is 6.85. The molecular weight excluding hydrogens is 402 g/mol. The van der Waals surface area contributed by atoms with Gasteiger partial charge >= 0.3 is 0 Å². The van der Waals surface area contributed by atoms with E-state index < -0.39 is 0 Å². The molecule has 33 heavy (non-hydrogen) atoms. The molecule has 0 unspecified atom stereocenters. The van der Waals surface area contributed by atoms with Crippen molar-refractivity contribution < 1.29 is 4.42 Å². The monoisotopic (exact) mass is 423 g/mol. The number of hydrogen-bond donors (Lipinski definition) is 0. The Hall–Kier alpha value is -4.30. The van der Waals surface area contributed by atoms with Crippen LogP contribution < -0.4 is 0 Å². The molecule has 2 nitrogen and oxygen atoms in total. The maximum absolute atomic E-state index is 6.32. The Bertz CT molecular complexity index is 1830. The molecule has 0 atom stereocenters. The molecule has 156 valence electrons. The van der Waals surface area contributed by atoms with Crippen LogP contribution in [0.2, 0.25) is 0 Å². The summed E-state index contributed by atoms with van der Waals surface area (Å²) in [5.74, 6) is 0. The van der Waals surface area contributed by atoms with Gasteiger partial charge in [-0.05, 0) is 48.4 Å². The van der Waals surface area contributed by atoms with E-state index in [0.29, 0.717) is 0 Å². The fraction of sp³-hybridized carbons (Fsp3) is 0.0323. The Morgan fingerprint density at radius 3 is 2.21 bits per heavy atom. The van der Waals surface area contributed by atoms with E-state index in [-0.39, 0.29) is 0 Å². The standard InChI is InChI=1S/C31H21NO/c1-20-9-2-5-14-27(20)32-28-15-6-3-10-23(28)26-19-21(17-18-29(26)32)22-12-8-13-25-24-11-4-7-16-30(24)33-31(22)25/h2-19H,1H3. The van der Waals surface area contributed by atoms with Gasteiger partial charge in [-0.2, -0.15) is 0 Å². The molecule has 0 bridgehead atoms. The average molecular weight is 424 g/mol. The summed E-state index contributed by atoms with van der Waals surface area (Å²) in [5, 5.41) is 4.82. The van der Waals surface area contributed by atoms with E-state index in [1.54, 1.807) is 0 Å². The van der Waals surface area contributed by atoms with Crippen LogP contribution in [-0.4, -0.2) is 4.57 Å². The van der Waals surface area contributed by atoms with Crippen LogP contribution in [0.25, 0.3) is 60.6 Å². The summed E-state index contributed by atoms with van der Waals surface area (Å²) in [4.78, 5) is 0. The van der Waals surface area contributed by atoms with Crippen LogP contribution in [0.5, 0.6) is 0 Å². The molecule has 7 rings (SSSR count). The topological polar surface area (TPSA) is 18.1 Å². The Labute approximate surface area is 191 Å². The van der Waals surface area contributed by atoms with Gasteiger partial charge in [-0.25, -0.2) is 0 Å². The molecule has 0 amide bonds. The predicted octanol–water partition coefficient (Wildman–Crippen LogP) is 8.66. The number of fused-ring (bicyclic) bond motifs is 6. The van der Waals surface area contributed by atoms with Gasteiger partial charge in [-0.3, -0.25) is 0 Å². The number of aromatic nitrogens is 1. The number of furan rings is 1. The van der Waals surface area contributed by atoms with Crippen LogP contribution in [0.3, 0.4) is 0 Å². The molecule has 0 saturated heterocycles. The fourth-order valence-electron chi connectivity index (χ4n) is 5.19. The summed E-state index contributed by atoms with van der Waals surface area (Å²) in [6, 6.07) is 38.7. The molecule has 0 spiro atoms. The first kappa shape index (κ1) is 18.3. The number of para-hydroxylation sites is 4. The molecule has 0 fully saturated rings. The lowest BCUT2D eigenvalue weighted by Crippen LogP contribution is -1.96. The maximum Gasteiger partial charge on any atom is 0.143 e. The Morgan fingerprint density at radius 1 is 0.576 bits per heavy atom. The highest BCUT2D eigenvalue weighted by Crippen LogP contribution is 2.39. The minimum atomic E-state index is 0.928. The van der Waals surface area contributed by atoms with Gasteiger partial charge in [0.25, 0.3) is 0 Å². The number of nitrogens with zero attached hydrogens (tertiary/aromatic N) is 1. The molecule has 2 heteroatoms. The van der Waals surface area contributed by atoms with Crippen LogP contribution in [0.4, 0.5) is 0 Å². The fourth-order valence-corrected chi connectivity index (χ4v) is 5.19. The third kappa shape index (κ3) is 2.61. The van der Waals surface area contributed by atoms with Gasteiger partial charge in [0, 0.05) is 32.8 Å². The second-order valence-electron chi connectivity index (χ2n) is 8.65. The number of rotatable bonds is 2. The SMILES string of the molecule is Cc1ccccc1-n1c2ccccc2c2cc(-c3cccc4c3oc3ccccc34)ccc21. The quantitative estimate of drug-likeness (QED) is 0.272. The molecule has 0 radical (unpaired) electrons. The molecule has 0 aliphatic heterocycles. The van der Waals surface area contributed by atoms with Gasteiger partial charge in [-0.15, -0.1) is 0 Å². The highest BCUT2D eigenvalue weighted by Gasteiger charge is 2.16. The molecular formula is C31H21NO. The van der Waals surface area contributed by atoms with Crippen molar-refractivity contribution in [3.05, 3.63) is 115 Å². The summed E-state index contributed by atoms with van der Waals surface area (Å²) < 4.78 is 8.70. The largest absolute Gasteiger partial charge is 0.455 e. The van der Waals surface area contributed by atoms with E-state index in [1.165, 1.54) is 38.6 Å². The van der Waals surface area contributed by atoms with E-state index in [1.807, 2.05) is 12.1 Å². The molecule has 2 aromatic heterocycles. The zero-order valence-corrected chi connectivity index (χ0v) is 18.2. The average Bonchev–Trinajstić information content (AvgIpc) is 3.40. The lowest BCUT2D eigenvalue weighted by atomic mass is 10.0. The highest BCUT2D eigenvalue weighted by molar-refractivity contribution is 6.13. The molecule has 2 heterocycles. The summed E-state index contributed by atoms with van der Waals surface area (Å²) in [5.41, 5.74) is 9.08. The van der Waals surface area contributed by atoms with E-state index in [4.69, 9.17) is 4.42 Å². The first-order valence-electron chi connectivity index (χ1n) is 11.3. The maximum atomic E-state index is 6.32. The zero-order valence-electron chi connectivity index (χ0n) is 18.2. The zero-order chi connectivity index (χ0) is 21.9. The van der Waals surface area contributed by atoms with Crippen LogP contribution in [0.1, 0.15) is 5.56 Å². The molecule has 5 aromatic carbocycles. The van der Waals surface area contributed by atoms with Crippen molar-refractivity contribution in [1.82, 2.24) is 4.57 Å². The number of benzene rings is 5. The second-order valence-corrected chi connectivity index (χ2v) is 8.65. The minimum absolute atomic E-state index is 0.928. The molecule has 7 aromatic rings. The number of aryl methyl sites for hydroxylation is 1. The van der Waals surface area contributed by atoms with Gasteiger partial charge < -0.3 is 8.98 Å². The molecule has 0 saturated carbocycles. The first-order valence-corrected chi connectivity index (χ1v) is 11.3. The van der Waals surface area contributed by atoms with Crippen LogP contribution >= 0.6 is 0 Å². The normalized spacial score (nSPS) is 11.8. The third-order valence-corrected chi connectivity index (χ3v) is 6.74. The lowest BCUT2D eigenvalue weighted by Gasteiger charge is -2.11. The van der Waals surface area contributed by atoms with Crippen LogP contribution in [0, 0.1) is 6.92 Å². The Kier molecular flexibility index (Phi) is 3.80. The van der Waals surface area contributed by atoms with Crippen molar-refractivity contribution in [2.45, 2.75) is 6.92 Å². The Balaban J connectivity index is 1.54. The van der Waals surface area contributed by atoms with Crippen LogP contribution in [0.15, 0.2) is 114 Å². The van der Waals surface area contributed by atoms with Crippen molar-refractivity contribution in [3.8, 4) is 16.8 Å². The van der Waals surface area contributed by atoms with Gasteiger partial charge in [0.1, 0.15) is 11.2 Å². The minimum Gasteiger partial charge on any atom is -0.455 e. The predicted molar refractivity (Wildman–Crippen MR) is 138 cm³/mol. The van der Waals surface area contributed by atoms with Gasteiger partial charge in [0.05, 0.1) is 11.0 Å². The summed E-state index contributed by atoms with van der Waals surface area (Å²) >= 11 is 0. The van der Waals surface area contributed by atoms with Gasteiger partial charge in [0.2, 0.25) is 0 Å².